The molecule has 17 heavy (non-hydrogen) atoms. The normalized spacial score (nSPS) is 10.3. The Bertz CT molecular complexity index is 555. The van der Waals surface area contributed by atoms with Gasteiger partial charge in [0.15, 0.2) is 0 Å². The van der Waals surface area contributed by atoms with E-state index in [0.717, 1.165) is 27.1 Å². The monoisotopic (exact) mass is 310 g/mol. The first kappa shape index (κ1) is 12.3. The number of aryl methyl sites for hydroxylation is 1. The zero-order chi connectivity index (χ0) is 12.4. The van der Waals surface area contributed by atoms with Crippen molar-refractivity contribution >= 4 is 44.6 Å². The predicted molar refractivity (Wildman–Crippen MR) is 78.0 cm³/mol. The van der Waals surface area contributed by atoms with Gasteiger partial charge in [-0.1, -0.05) is 17.7 Å². The summed E-state index contributed by atoms with van der Waals surface area (Å²) in [7, 11) is 0. The van der Waals surface area contributed by atoms with E-state index in [9.17, 15) is 0 Å². The molecule has 0 aliphatic carbocycles. The number of rotatable bonds is 2. The molecule has 0 unspecified atom stereocenters. The molecule has 88 valence electrons. The Morgan fingerprint density at radius 1 is 1.18 bits per heavy atom. The van der Waals surface area contributed by atoms with Gasteiger partial charge in [0.05, 0.1) is 16.4 Å². The van der Waals surface area contributed by atoms with Gasteiger partial charge in [0.25, 0.3) is 0 Å². The topological polar surface area (TPSA) is 38.0 Å². The molecular formula is C13H12BrClN2. The molecule has 0 saturated heterocycles. The molecule has 0 aliphatic heterocycles. The Morgan fingerprint density at radius 2 is 1.94 bits per heavy atom. The van der Waals surface area contributed by atoms with Crippen molar-refractivity contribution in [2.45, 2.75) is 6.92 Å². The molecular weight excluding hydrogens is 300 g/mol. The van der Waals surface area contributed by atoms with Crippen LogP contribution in [0.2, 0.25) is 5.02 Å². The van der Waals surface area contributed by atoms with E-state index in [0.29, 0.717) is 5.02 Å². The number of hydrogen-bond donors (Lipinski definition) is 2. The Balaban J connectivity index is 2.28. The first-order valence-corrected chi connectivity index (χ1v) is 6.31. The molecule has 0 atom stereocenters. The summed E-state index contributed by atoms with van der Waals surface area (Å²) in [6.07, 6.45) is 0. The molecule has 0 heterocycles. The highest BCUT2D eigenvalue weighted by Gasteiger charge is 2.02. The van der Waals surface area contributed by atoms with Gasteiger partial charge in [-0.3, -0.25) is 0 Å². The first-order chi connectivity index (χ1) is 8.06. The smallest absolute Gasteiger partial charge is 0.0618 e. The van der Waals surface area contributed by atoms with Crippen LogP contribution >= 0.6 is 27.5 Å². The van der Waals surface area contributed by atoms with Crippen LogP contribution in [-0.4, -0.2) is 0 Å². The van der Waals surface area contributed by atoms with Gasteiger partial charge in [0.2, 0.25) is 0 Å². The van der Waals surface area contributed by atoms with Crippen LogP contribution in [0.25, 0.3) is 0 Å². The lowest BCUT2D eigenvalue weighted by atomic mass is 10.2. The van der Waals surface area contributed by atoms with E-state index in [-0.39, 0.29) is 0 Å². The first-order valence-electron chi connectivity index (χ1n) is 5.14. The van der Waals surface area contributed by atoms with E-state index in [1.165, 1.54) is 0 Å². The van der Waals surface area contributed by atoms with Crippen molar-refractivity contribution in [1.29, 1.82) is 0 Å². The van der Waals surface area contributed by atoms with Gasteiger partial charge in [-0.25, -0.2) is 0 Å². The number of halogens is 2. The van der Waals surface area contributed by atoms with E-state index in [1.54, 1.807) is 0 Å². The van der Waals surface area contributed by atoms with Crippen LogP contribution in [0.15, 0.2) is 40.9 Å². The van der Waals surface area contributed by atoms with Crippen LogP contribution in [0.3, 0.4) is 0 Å². The molecule has 2 aromatic rings. The summed E-state index contributed by atoms with van der Waals surface area (Å²) >= 11 is 9.32. The molecule has 4 heteroatoms. The van der Waals surface area contributed by atoms with Gasteiger partial charge in [-0.05, 0) is 58.7 Å². The summed E-state index contributed by atoms with van der Waals surface area (Å²) in [6.45, 7) is 2.01. The van der Waals surface area contributed by atoms with E-state index >= 15 is 0 Å². The molecule has 0 saturated carbocycles. The molecule has 0 aromatic heterocycles. The minimum Gasteiger partial charge on any atom is -0.397 e. The summed E-state index contributed by atoms with van der Waals surface area (Å²) < 4.78 is 0.856. The lowest BCUT2D eigenvalue weighted by Gasteiger charge is -2.10. The van der Waals surface area contributed by atoms with Crippen molar-refractivity contribution in [2.75, 3.05) is 11.1 Å². The fourth-order valence-corrected chi connectivity index (χ4v) is 2.02. The highest BCUT2D eigenvalue weighted by Crippen LogP contribution is 2.29. The van der Waals surface area contributed by atoms with Crippen molar-refractivity contribution in [1.82, 2.24) is 0 Å². The Morgan fingerprint density at radius 3 is 2.59 bits per heavy atom. The quantitative estimate of drug-likeness (QED) is 0.786. The number of nitrogen functional groups attached to an aromatic ring is 1. The maximum absolute atomic E-state index is 5.94. The maximum atomic E-state index is 5.94. The molecule has 3 N–H and O–H groups in total. The van der Waals surface area contributed by atoms with Crippen LogP contribution in [0.1, 0.15) is 5.56 Å². The predicted octanol–water partition coefficient (Wildman–Crippen LogP) is 4.74. The van der Waals surface area contributed by atoms with Crippen LogP contribution in [0.5, 0.6) is 0 Å². The average Bonchev–Trinajstić information content (AvgIpc) is 2.27. The van der Waals surface area contributed by atoms with Crippen LogP contribution in [-0.2, 0) is 0 Å². The van der Waals surface area contributed by atoms with Crippen molar-refractivity contribution in [3.8, 4) is 0 Å². The minimum atomic E-state index is 0.687. The molecule has 2 nitrogen and oxygen atoms in total. The molecule has 2 aromatic carbocycles. The zero-order valence-corrected chi connectivity index (χ0v) is 11.6. The van der Waals surface area contributed by atoms with E-state index in [1.807, 2.05) is 43.3 Å². The standard InChI is InChI=1S/C13H12BrClN2/c1-8-2-5-13(12(16)6-8)17-9-3-4-11(15)10(14)7-9/h2-7,17H,16H2,1H3. The van der Waals surface area contributed by atoms with Gasteiger partial charge in [-0.2, -0.15) is 0 Å². The van der Waals surface area contributed by atoms with E-state index < -0.39 is 0 Å². The third kappa shape index (κ3) is 2.93. The number of hydrogen-bond acceptors (Lipinski definition) is 2. The Hall–Kier alpha value is -1.19. The second-order valence-electron chi connectivity index (χ2n) is 3.84. The molecule has 0 bridgehead atoms. The zero-order valence-electron chi connectivity index (χ0n) is 9.30. The third-order valence-corrected chi connectivity index (χ3v) is 3.62. The lowest BCUT2D eigenvalue weighted by Crippen LogP contribution is -1.96. The molecule has 0 fully saturated rings. The highest BCUT2D eigenvalue weighted by atomic mass is 79.9. The Kier molecular flexibility index (Phi) is 3.60. The SMILES string of the molecule is Cc1ccc(Nc2ccc(Cl)c(Br)c2)c(N)c1. The maximum Gasteiger partial charge on any atom is 0.0618 e. The summed E-state index contributed by atoms with van der Waals surface area (Å²) in [6, 6.07) is 11.6. The lowest BCUT2D eigenvalue weighted by molar-refractivity contribution is 1.45. The van der Waals surface area contributed by atoms with Gasteiger partial charge in [0.1, 0.15) is 0 Å². The minimum absolute atomic E-state index is 0.687. The number of anilines is 3. The Labute approximate surface area is 114 Å². The van der Waals surface area contributed by atoms with Crippen LogP contribution < -0.4 is 11.1 Å². The number of nitrogens with one attached hydrogen (secondary N) is 1. The van der Waals surface area contributed by atoms with Crippen molar-refractivity contribution in [3.05, 3.63) is 51.5 Å². The average molecular weight is 312 g/mol. The number of nitrogens with two attached hydrogens (primary N) is 1. The number of benzene rings is 2. The van der Waals surface area contributed by atoms with Gasteiger partial charge in [-0.15, -0.1) is 0 Å². The van der Waals surface area contributed by atoms with Crippen molar-refractivity contribution in [3.63, 3.8) is 0 Å². The van der Waals surface area contributed by atoms with E-state index in [2.05, 4.69) is 21.2 Å². The fourth-order valence-electron chi connectivity index (χ4n) is 1.53. The largest absolute Gasteiger partial charge is 0.397 e. The highest BCUT2D eigenvalue weighted by molar-refractivity contribution is 9.10. The summed E-state index contributed by atoms with van der Waals surface area (Å²) in [5.74, 6) is 0. The van der Waals surface area contributed by atoms with Gasteiger partial charge in [0, 0.05) is 10.2 Å². The third-order valence-electron chi connectivity index (χ3n) is 2.41. The van der Waals surface area contributed by atoms with Gasteiger partial charge >= 0.3 is 0 Å². The molecule has 0 aliphatic rings. The summed E-state index contributed by atoms with van der Waals surface area (Å²) in [5.41, 5.74) is 9.65. The van der Waals surface area contributed by atoms with Gasteiger partial charge < -0.3 is 11.1 Å². The fraction of sp³-hybridized carbons (Fsp3) is 0.0769. The molecule has 0 amide bonds. The van der Waals surface area contributed by atoms with E-state index in [4.69, 9.17) is 17.3 Å². The van der Waals surface area contributed by atoms with Crippen molar-refractivity contribution < 1.29 is 0 Å². The molecule has 2 rings (SSSR count). The summed E-state index contributed by atoms with van der Waals surface area (Å²) in [4.78, 5) is 0. The second-order valence-corrected chi connectivity index (χ2v) is 5.11. The van der Waals surface area contributed by atoms with Crippen LogP contribution in [0, 0.1) is 6.92 Å². The molecule has 0 spiro atoms. The molecule has 0 radical (unpaired) electrons. The van der Waals surface area contributed by atoms with Crippen molar-refractivity contribution in [2.24, 2.45) is 0 Å². The second kappa shape index (κ2) is 4.98. The summed E-state index contributed by atoms with van der Waals surface area (Å²) in [5, 5.41) is 3.94. The van der Waals surface area contributed by atoms with Crippen LogP contribution in [0.4, 0.5) is 17.1 Å².